The molecule has 0 bridgehead atoms. The van der Waals surface area contributed by atoms with Gasteiger partial charge in [0.1, 0.15) is 36.6 Å². The fraction of sp³-hybridized carbons (Fsp3) is 0.938. The molecule has 2 fully saturated rings. The van der Waals surface area contributed by atoms with Crippen LogP contribution in [0.5, 0.6) is 0 Å². The number of aliphatic hydroxyl groups is 8. The highest BCUT2D eigenvalue weighted by atomic mass is 16.7. The lowest BCUT2D eigenvalue weighted by Gasteiger charge is -2.44. The van der Waals surface area contributed by atoms with Crippen molar-refractivity contribution in [2.24, 2.45) is 34.4 Å². The fourth-order valence-corrected chi connectivity index (χ4v) is 4.92. The minimum atomic E-state index is -2.37. The van der Waals surface area contributed by atoms with Crippen molar-refractivity contribution in [1.82, 2.24) is 5.32 Å². The Kier molecular flexibility index (Phi) is 27.7. The number of nitrogens with two attached hydrogens (primary N) is 6. The second-order valence-corrected chi connectivity index (χ2v) is 13.0. The molecule has 2 unspecified atom stereocenters. The number of hydrogen-bond donors (Lipinski definition) is 15. The van der Waals surface area contributed by atoms with Crippen LogP contribution in [0, 0.1) is 0 Å². The van der Waals surface area contributed by atoms with E-state index in [0.717, 1.165) is 39.8 Å². The molecule has 0 aromatic carbocycles. The summed E-state index contributed by atoms with van der Waals surface area (Å²) in [6.45, 7) is 7.18. The van der Waals surface area contributed by atoms with Crippen molar-refractivity contribution in [1.29, 1.82) is 0 Å². The molecule has 0 saturated carbocycles. The van der Waals surface area contributed by atoms with E-state index in [0.29, 0.717) is 0 Å². The fourth-order valence-electron chi connectivity index (χ4n) is 4.92. The van der Waals surface area contributed by atoms with Crippen LogP contribution in [-0.4, -0.2) is 151 Å². The predicted molar refractivity (Wildman–Crippen MR) is 190 cm³/mol. The molecule has 2 aliphatic rings. The lowest BCUT2D eigenvalue weighted by molar-refractivity contribution is -0.296. The number of Topliss-reactive ketones (excluding diaryl/α,β-unsaturated/α-hetero) is 2. The Balaban J connectivity index is 0. The van der Waals surface area contributed by atoms with Crippen molar-refractivity contribution in [3.8, 4) is 0 Å². The highest BCUT2D eigenvalue weighted by Crippen LogP contribution is 2.28. The number of carbonyl (C=O) groups excluding carboxylic acids is 2. The molecule has 21 N–H and O–H groups in total. The van der Waals surface area contributed by atoms with Crippen LogP contribution in [0.15, 0.2) is 0 Å². The third-order valence-electron chi connectivity index (χ3n) is 8.35. The highest BCUT2D eigenvalue weighted by molar-refractivity contribution is 5.84. The molecule has 2 heterocycles. The average molecular weight is 746 g/mol. The van der Waals surface area contributed by atoms with Gasteiger partial charge in [-0.2, -0.15) is 0 Å². The van der Waals surface area contributed by atoms with Crippen molar-refractivity contribution in [3.63, 3.8) is 0 Å². The van der Waals surface area contributed by atoms with E-state index in [1.54, 1.807) is 0 Å². The first-order valence-electron chi connectivity index (χ1n) is 17.7. The Morgan fingerprint density at radius 2 is 1.00 bits per heavy atom. The largest absolute Gasteiger partial charge is 0.394 e. The number of rotatable bonds is 17. The van der Waals surface area contributed by atoms with Crippen LogP contribution in [0.4, 0.5) is 0 Å². The van der Waals surface area contributed by atoms with Crippen molar-refractivity contribution in [2.75, 3.05) is 26.3 Å². The Labute approximate surface area is 302 Å². The molecule has 306 valence electrons. The van der Waals surface area contributed by atoms with Gasteiger partial charge in [0.25, 0.3) is 0 Å². The van der Waals surface area contributed by atoms with Gasteiger partial charge in [-0.1, -0.05) is 58.8 Å². The maximum atomic E-state index is 11.1. The zero-order chi connectivity index (χ0) is 39.9. The van der Waals surface area contributed by atoms with Gasteiger partial charge in [-0.15, -0.1) is 0 Å². The number of ketones is 2. The van der Waals surface area contributed by atoms with E-state index >= 15 is 0 Å². The maximum Gasteiger partial charge on any atom is 0.244 e. The maximum absolute atomic E-state index is 11.1. The quantitative estimate of drug-likeness (QED) is 0.0492. The van der Waals surface area contributed by atoms with Crippen LogP contribution in [-0.2, 0) is 19.1 Å². The molecule has 10 atom stereocenters. The van der Waals surface area contributed by atoms with Crippen molar-refractivity contribution >= 4 is 11.6 Å². The minimum Gasteiger partial charge on any atom is -0.394 e. The van der Waals surface area contributed by atoms with E-state index in [-0.39, 0.29) is 12.3 Å². The summed E-state index contributed by atoms with van der Waals surface area (Å²) in [7, 11) is 0. The zero-order valence-corrected chi connectivity index (χ0v) is 30.8. The molecule has 0 aromatic heterocycles. The third-order valence-corrected chi connectivity index (χ3v) is 8.35. The van der Waals surface area contributed by atoms with Gasteiger partial charge < -0.3 is 90.0 Å². The lowest BCUT2D eigenvalue weighted by atomic mass is 9.89. The molecule has 0 aromatic rings. The summed E-state index contributed by atoms with van der Waals surface area (Å²) in [6, 6.07) is -2.90. The molecule has 0 spiro atoms. The van der Waals surface area contributed by atoms with Crippen molar-refractivity contribution < 1.29 is 59.9 Å². The van der Waals surface area contributed by atoms with Gasteiger partial charge in [0.05, 0.1) is 37.6 Å². The van der Waals surface area contributed by atoms with Crippen LogP contribution >= 0.6 is 0 Å². The molecule has 2 saturated heterocycles. The molecule has 0 amide bonds. The molecule has 19 nitrogen and oxygen atoms in total. The number of aliphatic hydroxyl groups excluding tert-OH is 6. The Bertz CT molecular complexity index is 872. The third kappa shape index (κ3) is 18.5. The SMILES string of the molecule is CC(=O)C1(O)O[C@H](CO)[C@@H](O)[C@H](O)[C@@H]1N.CC(=O)C1(O)O[C@H](CO)[C@@H](O)[C@H](O)[C@H]1N.CCCCCCCCCC(N)N.CCCNCCC(N)N. The van der Waals surface area contributed by atoms with Crippen molar-refractivity contribution in [2.45, 2.75) is 165 Å². The normalized spacial score (nSPS) is 31.8. The smallest absolute Gasteiger partial charge is 0.244 e. The first-order chi connectivity index (χ1) is 23.7. The number of carbonyl (C=O) groups is 2. The summed E-state index contributed by atoms with van der Waals surface area (Å²) >= 11 is 0. The van der Waals surface area contributed by atoms with Gasteiger partial charge in [-0.25, -0.2) is 0 Å². The number of ether oxygens (including phenoxy) is 2. The first-order valence-corrected chi connectivity index (χ1v) is 17.7. The Hall–Kier alpha value is -1.34. The molecular weight excluding hydrogens is 674 g/mol. The van der Waals surface area contributed by atoms with E-state index in [2.05, 4.69) is 19.2 Å². The van der Waals surface area contributed by atoms with Gasteiger partial charge in [0.15, 0.2) is 11.6 Å². The summed E-state index contributed by atoms with van der Waals surface area (Å²) in [5, 5.41) is 78.0. The molecule has 0 aliphatic carbocycles. The molecular formula is C32H71N7O12. The van der Waals surface area contributed by atoms with E-state index in [4.69, 9.17) is 54.1 Å². The topological polar surface area (TPSA) is 383 Å². The van der Waals surface area contributed by atoms with Crippen LogP contribution < -0.4 is 39.7 Å². The van der Waals surface area contributed by atoms with Crippen molar-refractivity contribution in [3.05, 3.63) is 0 Å². The van der Waals surface area contributed by atoms with Crippen LogP contribution in [0.3, 0.4) is 0 Å². The van der Waals surface area contributed by atoms with Crippen LogP contribution in [0.1, 0.15) is 91.9 Å². The highest BCUT2D eigenvalue weighted by Gasteiger charge is 2.55. The number of nitrogens with one attached hydrogen (secondary N) is 1. The lowest BCUT2D eigenvalue weighted by Crippen LogP contribution is -2.70. The molecule has 19 heteroatoms. The zero-order valence-electron chi connectivity index (χ0n) is 30.8. The summed E-state index contributed by atoms with van der Waals surface area (Å²) in [5.41, 5.74) is 32.2. The second kappa shape index (κ2) is 27.3. The molecule has 51 heavy (non-hydrogen) atoms. The number of hydrogen-bond acceptors (Lipinski definition) is 19. The monoisotopic (exact) mass is 746 g/mol. The van der Waals surface area contributed by atoms with Gasteiger partial charge >= 0.3 is 0 Å². The van der Waals surface area contributed by atoms with Crippen LogP contribution in [0.25, 0.3) is 0 Å². The summed E-state index contributed by atoms with van der Waals surface area (Å²) < 4.78 is 9.60. The summed E-state index contributed by atoms with van der Waals surface area (Å²) in [6.07, 6.45) is 3.66. The minimum absolute atomic E-state index is 0.0966. The first kappa shape index (κ1) is 51.8. The summed E-state index contributed by atoms with van der Waals surface area (Å²) in [5.74, 6) is -6.32. The molecule has 2 aliphatic heterocycles. The molecule has 2 rings (SSSR count). The molecule has 0 radical (unpaired) electrons. The van der Waals surface area contributed by atoms with Gasteiger partial charge in [0, 0.05) is 13.8 Å². The second-order valence-electron chi connectivity index (χ2n) is 13.0. The average Bonchev–Trinajstić information content (AvgIpc) is 3.08. The van der Waals surface area contributed by atoms with E-state index in [9.17, 15) is 40.2 Å². The van der Waals surface area contributed by atoms with E-state index in [1.807, 2.05) is 0 Å². The van der Waals surface area contributed by atoms with Gasteiger partial charge in [-0.05, 0) is 32.4 Å². The predicted octanol–water partition coefficient (Wildman–Crippen LogP) is -4.60. The Morgan fingerprint density at radius 1 is 0.627 bits per heavy atom. The Morgan fingerprint density at radius 3 is 1.31 bits per heavy atom. The van der Waals surface area contributed by atoms with Crippen LogP contribution in [0.2, 0.25) is 0 Å². The van der Waals surface area contributed by atoms with Gasteiger partial charge in [0.2, 0.25) is 11.6 Å². The summed E-state index contributed by atoms with van der Waals surface area (Å²) in [4.78, 5) is 22.2. The van der Waals surface area contributed by atoms with Gasteiger partial charge in [-0.3, -0.25) is 9.59 Å². The van der Waals surface area contributed by atoms with E-state index < -0.39 is 85.1 Å². The standard InChI is InChI=1S/C10H24N2.2C8H15NO6.C6H17N3/c1-2-3-4-5-6-7-8-9-10(11)12;2*1-3(11)8(14)7(9)6(13)5(12)4(2-10)15-8;1-2-4-9-5-3-6(7)8/h10H,2-9,11-12H2,1H3;2*4-7,10,12-14H,2,9H2,1H3;6,9H,2-5,7-8H2,1H3/t;4-,5-,6+,7+,8?;4-,5-,6+,7-,8?;/m.11./s1. The number of unbranched alkanes of at least 4 members (excludes halogenated alkanes) is 6. The van der Waals surface area contributed by atoms with E-state index in [1.165, 1.54) is 51.4 Å².